The van der Waals surface area contributed by atoms with E-state index in [4.69, 9.17) is 9.47 Å². The molecule has 0 aromatic heterocycles. The van der Waals surface area contributed by atoms with Crippen LogP contribution in [0, 0.1) is 6.92 Å². The third-order valence-corrected chi connectivity index (χ3v) is 3.35. The fourth-order valence-electron chi connectivity index (χ4n) is 2.21. The minimum absolute atomic E-state index is 0.0340. The molecule has 1 aromatic rings. The van der Waals surface area contributed by atoms with Gasteiger partial charge in [-0.3, -0.25) is 0 Å². The van der Waals surface area contributed by atoms with Gasteiger partial charge >= 0.3 is 0 Å². The van der Waals surface area contributed by atoms with E-state index >= 15 is 0 Å². The number of hydrogen-bond donors (Lipinski definition) is 0. The summed E-state index contributed by atoms with van der Waals surface area (Å²) in [4.78, 5) is 8.89. The van der Waals surface area contributed by atoms with Crippen molar-refractivity contribution in [1.82, 2.24) is 0 Å². The molecule has 0 saturated heterocycles. The predicted octanol–water partition coefficient (Wildman–Crippen LogP) is 4.84. The van der Waals surface area contributed by atoms with E-state index in [-0.39, 0.29) is 6.04 Å². The van der Waals surface area contributed by atoms with Crippen LogP contribution >= 0.6 is 0 Å². The van der Waals surface area contributed by atoms with Gasteiger partial charge in [-0.25, -0.2) is 9.98 Å². The summed E-state index contributed by atoms with van der Waals surface area (Å²) >= 11 is 0. The monoisotopic (exact) mass is 334 g/mol. The van der Waals surface area contributed by atoms with Crippen LogP contribution in [0.15, 0.2) is 34.3 Å². The van der Waals surface area contributed by atoms with Crippen molar-refractivity contribution in [3.63, 3.8) is 0 Å². The quantitative estimate of drug-likeness (QED) is 0.793. The molecule has 0 bridgehead atoms. The zero-order chi connectivity index (χ0) is 18.4. The van der Waals surface area contributed by atoms with Gasteiger partial charge in [0.1, 0.15) is 12.6 Å². The van der Waals surface area contributed by atoms with Crippen molar-refractivity contribution in [2.45, 2.75) is 59.9 Å². The molecule has 136 valence electrons. The fraction of sp³-hybridized carbons (Fsp3) is 0.600. The van der Waals surface area contributed by atoms with Crippen LogP contribution in [0.25, 0.3) is 0 Å². The van der Waals surface area contributed by atoms with Crippen molar-refractivity contribution in [3.8, 4) is 0 Å². The standard InChI is InChI=1S/C15H20N2O2.C3H8.C2H6/c1-11-6-4-5-7-12(11)8-9-13-15(19-3)16-10-14(17-13)18-2;1-3-2;1-2/h4-7,13H,8-10H2,1-3H3;3H2,1-2H3;1-2H3. The fourth-order valence-corrected chi connectivity index (χ4v) is 2.21. The predicted molar refractivity (Wildman–Crippen MR) is 104 cm³/mol. The summed E-state index contributed by atoms with van der Waals surface area (Å²) in [5, 5.41) is 0. The minimum Gasteiger partial charge on any atom is -0.483 e. The summed E-state index contributed by atoms with van der Waals surface area (Å²) in [5.74, 6) is 1.38. The van der Waals surface area contributed by atoms with Crippen LogP contribution < -0.4 is 0 Å². The molecule has 0 radical (unpaired) electrons. The second kappa shape index (κ2) is 13.6. The van der Waals surface area contributed by atoms with Crippen molar-refractivity contribution in [1.29, 1.82) is 0 Å². The van der Waals surface area contributed by atoms with Gasteiger partial charge in [0.25, 0.3) is 0 Å². The second-order valence-electron chi connectivity index (χ2n) is 5.27. The van der Waals surface area contributed by atoms with Gasteiger partial charge in [0.15, 0.2) is 0 Å². The highest BCUT2D eigenvalue weighted by atomic mass is 16.5. The summed E-state index contributed by atoms with van der Waals surface area (Å²) in [6.45, 7) is 10.9. The van der Waals surface area contributed by atoms with Gasteiger partial charge in [-0.2, -0.15) is 0 Å². The smallest absolute Gasteiger partial charge is 0.209 e. The molecule has 4 nitrogen and oxygen atoms in total. The van der Waals surface area contributed by atoms with E-state index in [9.17, 15) is 0 Å². The van der Waals surface area contributed by atoms with Crippen LogP contribution in [0.2, 0.25) is 0 Å². The maximum atomic E-state index is 5.30. The van der Waals surface area contributed by atoms with Crippen molar-refractivity contribution >= 4 is 11.8 Å². The van der Waals surface area contributed by atoms with Gasteiger partial charge < -0.3 is 9.47 Å². The largest absolute Gasteiger partial charge is 0.483 e. The second-order valence-corrected chi connectivity index (χ2v) is 5.27. The number of aliphatic imine (C=N–C) groups is 2. The Kier molecular flexibility index (Phi) is 12.5. The SMILES string of the molecule is CC.CCC.COC1=NC(CCc2ccccc2C)C(OC)=NC1. The molecule has 0 aliphatic carbocycles. The Morgan fingerprint density at radius 1 is 1.08 bits per heavy atom. The molecular formula is C20H34N2O2. The highest BCUT2D eigenvalue weighted by Gasteiger charge is 2.21. The number of benzene rings is 1. The van der Waals surface area contributed by atoms with E-state index < -0.39 is 0 Å². The highest BCUT2D eigenvalue weighted by molar-refractivity contribution is 5.91. The van der Waals surface area contributed by atoms with Gasteiger partial charge in [0.05, 0.1) is 14.2 Å². The van der Waals surface area contributed by atoms with Gasteiger partial charge in [-0.05, 0) is 30.9 Å². The molecule has 1 atom stereocenters. The van der Waals surface area contributed by atoms with Gasteiger partial charge in [-0.1, -0.05) is 58.4 Å². The average Bonchev–Trinajstić information content (AvgIpc) is 2.63. The lowest BCUT2D eigenvalue weighted by atomic mass is 10.0. The van der Waals surface area contributed by atoms with E-state index in [2.05, 4.69) is 55.0 Å². The lowest BCUT2D eigenvalue weighted by molar-refractivity contribution is 0.357. The van der Waals surface area contributed by atoms with E-state index in [1.54, 1.807) is 14.2 Å². The van der Waals surface area contributed by atoms with E-state index in [0.29, 0.717) is 18.3 Å². The minimum atomic E-state index is -0.0340. The molecule has 24 heavy (non-hydrogen) atoms. The zero-order valence-electron chi connectivity index (χ0n) is 16.4. The summed E-state index contributed by atoms with van der Waals surface area (Å²) in [5.41, 5.74) is 2.66. The Morgan fingerprint density at radius 2 is 1.71 bits per heavy atom. The molecule has 1 heterocycles. The van der Waals surface area contributed by atoms with E-state index in [1.165, 1.54) is 17.5 Å². The summed E-state index contributed by atoms with van der Waals surface area (Å²) in [6, 6.07) is 8.38. The van der Waals surface area contributed by atoms with Crippen molar-refractivity contribution in [2.75, 3.05) is 20.8 Å². The molecule has 1 aliphatic heterocycles. The number of hydrogen-bond acceptors (Lipinski definition) is 4. The molecule has 1 aliphatic rings. The molecule has 0 fully saturated rings. The maximum absolute atomic E-state index is 5.30. The molecule has 0 amide bonds. The third kappa shape index (κ3) is 7.62. The van der Waals surface area contributed by atoms with Crippen LogP contribution in [0.4, 0.5) is 0 Å². The third-order valence-electron chi connectivity index (χ3n) is 3.35. The number of nitrogens with zero attached hydrogens (tertiary/aromatic N) is 2. The molecule has 0 spiro atoms. The Labute approximate surface area is 148 Å². The van der Waals surface area contributed by atoms with Crippen LogP contribution in [-0.4, -0.2) is 38.6 Å². The first kappa shape index (κ1) is 22.2. The van der Waals surface area contributed by atoms with Crippen LogP contribution in [0.1, 0.15) is 51.7 Å². The number of aryl methyl sites for hydroxylation is 2. The first-order valence-electron chi connectivity index (χ1n) is 8.89. The van der Waals surface area contributed by atoms with Crippen molar-refractivity contribution in [3.05, 3.63) is 35.4 Å². The van der Waals surface area contributed by atoms with Crippen molar-refractivity contribution in [2.24, 2.45) is 9.98 Å². The lowest BCUT2D eigenvalue weighted by Gasteiger charge is -2.19. The van der Waals surface area contributed by atoms with Gasteiger partial charge in [0, 0.05) is 0 Å². The van der Waals surface area contributed by atoms with Crippen LogP contribution in [0.5, 0.6) is 0 Å². The maximum Gasteiger partial charge on any atom is 0.209 e. The van der Waals surface area contributed by atoms with E-state index in [1.807, 2.05) is 13.8 Å². The molecule has 4 heteroatoms. The van der Waals surface area contributed by atoms with E-state index in [0.717, 1.165) is 12.8 Å². The van der Waals surface area contributed by atoms with Crippen molar-refractivity contribution < 1.29 is 9.47 Å². The molecule has 1 unspecified atom stereocenters. The Morgan fingerprint density at radius 3 is 2.25 bits per heavy atom. The topological polar surface area (TPSA) is 43.2 Å². The zero-order valence-corrected chi connectivity index (χ0v) is 16.4. The summed E-state index contributed by atoms with van der Waals surface area (Å²) < 4.78 is 10.5. The number of ether oxygens (including phenoxy) is 2. The Bertz CT molecular complexity index is 510. The van der Waals surface area contributed by atoms with Gasteiger partial charge in [-0.15, -0.1) is 0 Å². The lowest BCUT2D eigenvalue weighted by Crippen LogP contribution is -2.29. The highest BCUT2D eigenvalue weighted by Crippen LogP contribution is 2.15. The van der Waals surface area contributed by atoms with Crippen LogP contribution in [-0.2, 0) is 15.9 Å². The first-order valence-corrected chi connectivity index (χ1v) is 8.89. The normalized spacial score (nSPS) is 15.7. The number of methoxy groups -OCH3 is 2. The summed E-state index contributed by atoms with van der Waals surface area (Å²) in [7, 11) is 3.28. The average molecular weight is 335 g/mol. The van der Waals surface area contributed by atoms with Gasteiger partial charge in [0.2, 0.25) is 11.8 Å². The molecule has 1 aromatic carbocycles. The Balaban J connectivity index is 0.000000952. The summed E-state index contributed by atoms with van der Waals surface area (Å²) in [6.07, 6.45) is 3.09. The molecule has 0 N–H and O–H groups in total. The molecule has 2 rings (SSSR count). The number of rotatable bonds is 3. The molecular weight excluding hydrogens is 300 g/mol. The molecule has 0 saturated carbocycles. The first-order chi connectivity index (χ1) is 11.7. The Hall–Kier alpha value is -1.84. The van der Waals surface area contributed by atoms with Crippen LogP contribution in [0.3, 0.4) is 0 Å².